The van der Waals surface area contributed by atoms with Crippen LogP contribution in [-0.4, -0.2) is 12.7 Å². The van der Waals surface area contributed by atoms with Crippen molar-refractivity contribution < 1.29 is 4.74 Å². The maximum atomic E-state index is 5.43. The van der Waals surface area contributed by atoms with Gasteiger partial charge in [0, 0.05) is 6.61 Å². The lowest BCUT2D eigenvalue weighted by molar-refractivity contribution is 0.0143. The fraction of sp³-hybridized carbons (Fsp3) is 1.00. The standard InChI is InChI=1S/C7H14O/c1-2-7-5-3-4-6-8-7/h7H,2-6H2,1H3/t7-/m1/s1. The fourth-order valence-electron chi connectivity index (χ4n) is 1.13. The van der Waals surface area contributed by atoms with Crippen molar-refractivity contribution in [1.29, 1.82) is 0 Å². The Morgan fingerprint density at radius 2 is 2.38 bits per heavy atom. The molecule has 8 heavy (non-hydrogen) atoms. The highest BCUT2D eigenvalue weighted by Crippen LogP contribution is 2.14. The van der Waals surface area contributed by atoms with Crippen molar-refractivity contribution in [1.82, 2.24) is 0 Å². The molecule has 1 fully saturated rings. The fourth-order valence-corrected chi connectivity index (χ4v) is 1.13. The molecule has 0 aromatic carbocycles. The molecule has 0 aromatic heterocycles. The van der Waals surface area contributed by atoms with Gasteiger partial charge in [0.25, 0.3) is 0 Å². The Kier molecular flexibility index (Phi) is 2.34. The van der Waals surface area contributed by atoms with E-state index in [0.29, 0.717) is 6.10 Å². The molecule has 1 nitrogen and oxygen atoms in total. The second-order valence-corrected chi connectivity index (χ2v) is 2.40. The van der Waals surface area contributed by atoms with Gasteiger partial charge in [-0.05, 0) is 25.7 Å². The maximum Gasteiger partial charge on any atom is 0.0572 e. The van der Waals surface area contributed by atoms with Crippen molar-refractivity contribution in [2.45, 2.75) is 38.7 Å². The lowest BCUT2D eigenvalue weighted by Crippen LogP contribution is -2.17. The van der Waals surface area contributed by atoms with Gasteiger partial charge in [-0.3, -0.25) is 0 Å². The van der Waals surface area contributed by atoms with E-state index in [-0.39, 0.29) is 0 Å². The SMILES string of the molecule is CC[C@@H]1CCCCO1. The lowest BCUT2D eigenvalue weighted by atomic mass is 10.1. The van der Waals surface area contributed by atoms with Gasteiger partial charge < -0.3 is 4.74 Å². The van der Waals surface area contributed by atoms with Crippen molar-refractivity contribution in [3.8, 4) is 0 Å². The number of hydrogen-bond acceptors (Lipinski definition) is 1. The van der Waals surface area contributed by atoms with E-state index >= 15 is 0 Å². The van der Waals surface area contributed by atoms with Crippen molar-refractivity contribution in [3.05, 3.63) is 0 Å². The molecule has 1 saturated heterocycles. The average Bonchev–Trinajstić information content (AvgIpc) is 1.90. The third kappa shape index (κ3) is 1.48. The first-order valence-corrected chi connectivity index (χ1v) is 3.55. The Labute approximate surface area is 51.0 Å². The molecule has 1 aliphatic rings. The molecular formula is C7H14O. The first-order valence-electron chi connectivity index (χ1n) is 3.55. The van der Waals surface area contributed by atoms with Crippen molar-refractivity contribution in [2.24, 2.45) is 0 Å². The highest BCUT2D eigenvalue weighted by molar-refractivity contribution is 4.60. The highest BCUT2D eigenvalue weighted by atomic mass is 16.5. The minimum Gasteiger partial charge on any atom is -0.378 e. The van der Waals surface area contributed by atoms with E-state index in [1.54, 1.807) is 0 Å². The average molecular weight is 114 g/mol. The van der Waals surface area contributed by atoms with Crippen LogP contribution in [0.4, 0.5) is 0 Å². The monoisotopic (exact) mass is 114 g/mol. The molecule has 1 heteroatoms. The van der Waals surface area contributed by atoms with Gasteiger partial charge in [-0.1, -0.05) is 6.92 Å². The van der Waals surface area contributed by atoms with Crippen LogP contribution in [0, 0.1) is 0 Å². The Morgan fingerprint density at radius 3 is 2.75 bits per heavy atom. The molecule has 1 rings (SSSR count). The van der Waals surface area contributed by atoms with E-state index in [9.17, 15) is 0 Å². The van der Waals surface area contributed by atoms with Gasteiger partial charge in [0.15, 0.2) is 0 Å². The van der Waals surface area contributed by atoms with Crippen LogP contribution in [0.3, 0.4) is 0 Å². The van der Waals surface area contributed by atoms with E-state index in [0.717, 1.165) is 6.61 Å². The summed E-state index contributed by atoms with van der Waals surface area (Å²) in [4.78, 5) is 0. The molecule has 1 aliphatic heterocycles. The smallest absolute Gasteiger partial charge is 0.0572 e. The van der Waals surface area contributed by atoms with Gasteiger partial charge in [-0.15, -0.1) is 0 Å². The summed E-state index contributed by atoms with van der Waals surface area (Å²) in [6.07, 6.45) is 5.72. The van der Waals surface area contributed by atoms with Crippen LogP contribution in [0.25, 0.3) is 0 Å². The minimum atomic E-state index is 0.587. The maximum absolute atomic E-state index is 5.43. The van der Waals surface area contributed by atoms with E-state index < -0.39 is 0 Å². The Hall–Kier alpha value is -0.0400. The predicted octanol–water partition coefficient (Wildman–Crippen LogP) is 1.97. The Bertz CT molecular complexity index is 55.4. The summed E-state index contributed by atoms with van der Waals surface area (Å²) in [5.74, 6) is 0. The molecular weight excluding hydrogens is 100 g/mol. The molecule has 0 aliphatic carbocycles. The number of ether oxygens (including phenoxy) is 1. The second kappa shape index (κ2) is 3.08. The van der Waals surface area contributed by atoms with Gasteiger partial charge >= 0.3 is 0 Å². The Morgan fingerprint density at radius 1 is 1.50 bits per heavy atom. The normalized spacial score (nSPS) is 30.4. The minimum absolute atomic E-state index is 0.587. The summed E-state index contributed by atoms with van der Waals surface area (Å²) < 4.78 is 5.43. The molecule has 0 spiro atoms. The summed E-state index contributed by atoms with van der Waals surface area (Å²) >= 11 is 0. The van der Waals surface area contributed by atoms with E-state index in [1.165, 1.54) is 25.7 Å². The van der Waals surface area contributed by atoms with Gasteiger partial charge in [-0.2, -0.15) is 0 Å². The van der Waals surface area contributed by atoms with Gasteiger partial charge in [0.2, 0.25) is 0 Å². The van der Waals surface area contributed by atoms with Gasteiger partial charge in [0.1, 0.15) is 0 Å². The van der Waals surface area contributed by atoms with E-state index in [4.69, 9.17) is 4.74 Å². The molecule has 0 radical (unpaired) electrons. The zero-order chi connectivity index (χ0) is 5.82. The van der Waals surface area contributed by atoms with Crippen LogP contribution in [0.2, 0.25) is 0 Å². The molecule has 0 bridgehead atoms. The summed E-state index contributed by atoms with van der Waals surface area (Å²) in [5, 5.41) is 0. The van der Waals surface area contributed by atoms with Crippen LogP contribution < -0.4 is 0 Å². The molecule has 0 unspecified atom stereocenters. The highest BCUT2D eigenvalue weighted by Gasteiger charge is 2.09. The predicted molar refractivity (Wildman–Crippen MR) is 33.9 cm³/mol. The third-order valence-electron chi connectivity index (χ3n) is 1.73. The Balaban J connectivity index is 2.13. The van der Waals surface area contributed by atoms with Crippen LogP contribution in [0.15, 0.2) is 0 Å². The van der Waals surface area contributed by atoms with Crippen LogP contribution in [-0.2, 0) is 4.74 Å². The van der Waals surface area contributed by atoms with Crippen LogP contribution in [0.5, 0.6) is 0 Å². The molecule has 0 saturated carbocycles. The number of hydrogen-bond donors (Lipinski definition) is 0. The topological polar surface area (TPSA) is 9.23 Å². The molecule has 0 amide bonds. The summed E-state index contributed by atoms with van der Waals surface area (Å²) in [7, 11) is 0. The number of rotatable bonds is 1. The second-order valence-electron chi connectivity index (χ2n) is 2.40. The quantitative estimate of drug-likeness (QED) is 0.506. The van der Waals surface area contributed by atoms with Crippen molar-refractivity contribution in [3.63, 3.8) is 0 Å². The summed E-state index contributed by atoms with van der Waals surface area (Å²) in [6.45, 7) is 3.19. The molecule has 0 N–H and O–H groups in total. The first-order chi connectivity index (χ1) is 3.93. The van der Waals surface area contributed by atoms with Crippen molar-refractivity contribution in [2.75, 3.05) is 6.61 Å². The molecule has 48 valence electrons. The first kappa shape index (κ1) is 6.09. The van der Waals surface area contributed by atoms with Crippen LogP contribution in [0.1, 0.15) is 32.6 Å². The summed E-state index contributed by atoms with van der Waals surface area (Å²) in [5.41, 5.74) is 0. The molecule has 1 heterocycles. The lowest BCUT2D eigenvalue weighted by Gasteiger charge is -2.20. The zero-order valence-corrected chi connectivity index (χ0v) is 5.52. The van der Waals surface area contributed by atoms with Crippen LogP contribution >= 0.6 is 0 Å². The van der Waals surface area contributed by atoms with Gasteiger partial charge in [-0.25, -0.2) is 0 Å². The largest absolute Gasteiger partial charge is 0.378 e. The molecule has 1 atom stereocenters. The third-order valence-corrected chi connectivity index (χ3v) is 1.73. The van der Waals surface area contributed by atoms with E-state index in [1.807, 2.05) is 0 Å². The van der Waals surface area contributed by atoms with Crippen molar-refractivity contribution >= 4 is 0 Å². The summed E-state index contributed by atoms with van der Waals surface area (Å²) in [6, 6.07) is 0. The zero-order valence-electron chi connectivity index (χ0n) is 5.52. The van der Waals surface area contributed by atoms with Gasteiger partial charge in [0.05, 0.1) is 6.10 Å². The van der Waals surface area contributed by atoms with E-state index in [2.05, 4.69) is 6.92 Å². The molecule has 0 aromatic rings.